The van der Waals surface area contributed by atoms with Crippen molar-refractivity contribution in [2.45, 2.75) is 6.92 Å². The average molecular weight is 255 g/mol. The minimum Gasteiger partial charge on any atom is -0.472 e. The highest BCUT2D eigenvalue weighted by Crippen LogP contribution is 2.17. The van der Waals surface area contributed by atoms with Gasteiger partial charge >= 0.3 is 0 Å². The molecule has 2 N–H and O–H groups in total. The van der Waals surface area contributed by atoms with Crippen LogP contribution in [0.15, 0.2) is 41.2 Å². The van der Waals surface area contributed by atoms with Gasteiger partial charge in [-0.1, -0.05) is 17.9 Å². The number of aliphatic hydroxyl groups is 1. The lowest BCUT2D eigenvalue weighted by molar-refractivity contribution is 0.102. The Hall–Kier alpha value is -2.51. The summed E-state index contributed by atoms with van der Waals surface area (Å²) >= 11 is 0. The van der Waals surface area contributed by atoms with Crippen molar-refractivity contribution in [2.75, 3.05) is 11.9 Å². The molecular formula is C15H13NO3. The number of carbonyl (C=O) groups is 1. The van der Waals surface area contributed by atoms with Crippen LogP contribution < -0.4 is 5.32 Å². The third kappa shape index (κ3) is 3.24. The average Bonchev–Trinajstić information content (AvgIpc) is 2.93. The number of rotatable bonds is 2. The first-order chi connectivity index (χ1) is 9.20. The van der Waals surface area contributed by atoms with E-state index in [-0.39, 0.29) is 12.5 Å². The standard InChI is InChI=1S/C15H13NO3/c1-11-4-5-12(3-2-7-17)9-14(11)16-15(18)13-6-8-19-10-13/h4-6,8-10,17H,7H2,1H3,(H,16,18). The summed E-state index contributed by atoms with van der Waals surface area (Å²) in [5.41, 5.74) is 2.83. The number of hydrogen-bond donors (Lipinski definition) is 2. The van der Waals surface area contributed by atoms with Gasteiger partial charge in [0, 0.05) is 11.3 Å². The molecule has 0 saturated carbocycles. The maximum Gasteiger partial charge on any atom is 0.258 e. The molecule has 1 heterocycles. The lowest BCUT2D eigenvalue weighted by atomic mass is 10.1. The fourth-order valence-electron chi connectivity index (χ4n) is 1.56. The van der Waals surface area contributed by atoms with Crippen molar-refractivity contribution >= 4 is 11.6 Å². The summed E-state index contributed by atoms with van der Waals surface area (Å²) in [7, 11) is 0. The van der Waals surface area contributed by atoms with E-state index < -0.39 is 0 Å². The summed E-state index contributed by atoms with van der Waals surface area (Å²) in [6.45, 7) is 1.71. The Morgan fingerprint density at radius 3 is 2.95 bits per heavy atom. The van der Waals surface area contributed by atoms with Gasteiger partial charge < -0.3 is 14.8 Å². The second-order valence-electron chi connectivity index (χ2n) is 3.96. The molecule has 4 nitrogen and oxygen atoms in total. The summed E-state index contributed by atoms with van der Waals surface area (Å²) < 4.78 is 4.87. The third-order valence-electron chi connectivity index (χ3n) is 2.58. The van der Waals surface area contributed by atoms with Crippen molar-refractivity contribution in [3.8, 4) is 11.8 Å². The van der Waals surface area contributed by atoms with Crippen LogP contribution in [0.2, 0.25) is 0 Å². The molecule has 0 fully saturated rings. The number of benzene rings is 1. The molecule has 0 aliphatic heterocycles. The minimum absolute atomic E-state index is 0.190. The Kier molecular flexibility index (Phi) is 4.01. The van der Waals surface area contributed by atoms with E-state index in [1.54, 1.807) is 12.1 Å². The molecule has 0 bridgehead atoms. The monoisotopic (exact) mass is 255 g/mol. The van der Waals surface area contributed by atoms with Gasteiger partial charge in [-0.2, -0.15) is 0 Å². The Labute approximate surface area is 111 Å². The fraction of sp³-hybridized carbons (Fsp3) is 0.133. The topological polar surface area (TPSA) is 62.5 Å². The number of anilines is 1. The zero-order valence-electron chi connectivity index (χ0n) is 10.4. The van der Waals surface area contributed by atoms with Crippen LogP contribution in [0.25, 0.3) is 0 Å². The van der Waals surface area contributed by atoms with Crippen molar-refractivity contribution in [3.63, 3.8) is 0 Å². The van der Waals surface area contributed by atoms with Gasteiger partial charge in [0.15, 0.2) is 0 Å². The number of amides is 1. The van der Waals surface area contributed by atoms with Gasteiger partial charge in [0.05, 0.1) is 11.8 Å². The van der Waals surface area contributed by atoms with Gasteiger partial charge in [-0.3, -0.25) is 4.79 Å². The van der Waals surface area contributed by atoms with Crippen LogP contribution in [0.1, 0.15) is 21.5 Å². The van der Waals surface area contributed by atoms with Gasteiger partial charge in [-0.25, -0.2) is 0 Å². The van der Waals surface area contributed by atoms with E-state index in [1.165, 1.54) is 12.5 Å². The molecule has 0 saturated heterocycles. The van der Waals surface area contributed by atoms with Gasteiger partial charge in [-0.05, 0) is 30.7 Å². The van der Waals surface area contributed by atoms with E-state index >= 15 is 0 Å². The maximum absolute atomic E-state index is 11.9. The van der Waals surface area contributed by atoms with E-state index in [1.807, 2.05) is 19.1 Å². The first-order valence-corrected chi connectivity index (χ1v) is 5.74. The van der Waals surface area contributed by atoms with Gasteiger partial charge in [-0.15, -0.1) is 0 Å². The predicted octanol–water partition coefficient (Wildman–Crippen LogP) is 2.18. The molecule has 0 aliphatic rings. The summed E-state index contributed by atoms with van der Waals surface area (Å²) in [6.07, 6.45) is 2.84. The smallest absolute Gasteiger partial charge is 0.258 e. The van der Waals surface area contributed by atoms with Crippen molar-refractivity contribution in [3.05, 3.63) is 53.5 Å². The first kappa shape index (κ1) is 12.9. The Balaban J connectivity index is 2.22. The number of aliphatic hydroxyl groups excluding tert-OH is 1. The zero-order valence-corrected chi connectivity index (χ0v) is 10.4. The predicted molar refractivity (Wildman–Crippen MR) is 71.8 cm³/mol. The van der Waals surface area contributed by atoms with Crippen LogP contribution in [-0.2, 0) is 0 Å². The van der Waals surface area contributed by atoms with Crippen LogP contribution in [0.4, 0.5) is 5.69 Å². The lowest BCUT2D eigenvalue weighted by Crippen LogP contribution is -2.11. The summed E-state index contributed by atoms with van der Waals surface area (Å²) in [5.74, 6) is 5.14. The highest BCUT2D eigenvalue weighted by Gasteiger charge is 2.08. The van der Waals surface area contributed by atoms with E-state index in [0.29, 0.717) is 11.3 Å². The van der Waals surface area contributed by atoms with E-state index in [2.05, 4.69) is 17.2 Å². The van der Waals surface area contributed by atoms with Crippen molar-refractivity contribution in [2.24, 2.45) is 0 Å². The lowest BCUT2D eigenvalue weighted by Gasteiger charge is -2.07. The molecule has 0 aliphatic carbocycles. The molecule has 0 spiro atoms. The summed E-state index contributed by atoms with van der Waals surface area (Å²) in [4.78, 5) is 11.9. The molecule has 0 atom stereocenters. The highest BCUT2D eigenvalue weighted by atomic mass is 16.3. The maximum atomic E-state index is 11.9. The van der Waals surface area contributed by atoms with Crippen molar-refractivity contribution in [1.82, 2.24) is 0 Å². The van der Waals surface area contributed by atoms with Crippen LogP contribution in [0.3, 0.4) is 0 Å². The Bertz CT molecular complexity index is 633. The Morgan fingerprint density at radius 1 is 1.42 bits per heavy atom. The first-order valence-electron chi connectivity index (χ1n) is 5.74. The molecule has 1 amide bonds. The van der Waals surface area contributed by atoms with Crippen LogP contribution in [-0.4, -0.2) is 17.6 Å². The molecule has 4 heteroatoms. The Morgan fingerprint density at radius 2 is 2.26 bits per heavy atom. The van der Waals surface area contributed by atoms with Gasteiger partial charge in [0.2, 0.25) is 0 Å². The molecule has 1 aromatic carbocycles. The van der Waals surface area contributed by atoms with Gasteiger partial charge in [0.1, 0.15) is 12.9 Å². The number of aryl methyl sites for hydroxylation is 1. The summed E-state index contributed by atoms with van der Waals surface area (Å²) in [5, 5.41) is 11.5. The van der Waals surface area contributed by atoms with Crippen LogP contribution in [0.5, 0.6) is 0 Å². The largest absolute Gasteiger partial charge is 0.472 e. The summed E-state index contributed by atoms with van der Waals surface area (Å²) in [6, 6.07) is 7.08. The molecular weight excluding hydrogens is 242 g/mol. The molecule has 1 aromatic heterocycles. The van der Waals surface area contributed by atoms with E-state index in [0.717, 1.165) is 11.1 Å². The minimum atomic E-state index is -0.232. The number of nitrogens with one attached hydrogen (secondary N) is 1. The second-order valence-corrected chi connectivity index (χ2v) is 3.96. The second kappa shape index (κ2) is 5.89. The third-order valence-corrected chi connectivity index (χ3v) is 2.58. The van der Waals surface area contributed by atoms with E-state index in [9.17, 15) is 4.79 Å². The SMILES string of the molecule is Cc1ccc(C#CCO)cc1NC(=O)c1ccoc1. The van der Waals surface area contributed by atoms with Crippen LogP contribution >= 0.6 is 0 Å². The molecule has 0 unspecified atom stereocenters. The molecule has 0 radical (unpaired) electrons. The van der Waals surface area contributed by atoms with Crippen molar-refractivity contribution < 1.29 is 14.3 Å². The van der Waals surface area contributed by atoms with Crippen molar-refractivity contribution in [1.29, 1.82) is 0 Å². The number of carbonyl (C=O) groups excluding carboxylic acids is 1. The number of hydrogen-bond acceptors (Lipinski definition) is 3. The number of furan rings is 1. The van der Waals surface area contributed by atoms with Crippen LogP contribution in [0, 0.1) is 18.8 Å². The fourth-order valence-corrected chi connectivity index (χ4v) is 1.56. The highest BCUT2D eigenvalue weighted by molar-refractivity contribution is 6.04. The molecule has 96 valence electrons. The molecule has 2 rings (SSSR count). The zero-order chi connectivity index (χ0) is 13.7. The quantitative estimate of drug-likeness (QED) is 0.808. The molecule has 19 heavy (non-hydrogen) atoms. The van der Waals surface area contributed by atoms with E-state index in [4.69, 9.17) is 9.52 Å². The van der Waals surface area contributed by atoms with Gasteiger partial charge in [0.25, 0.3) is 5.91 Å². The molecule has 2 aromatic rings. The normalized spacial score (nSPS) is 9.58.